The summed E-state index contributed by atoms with van der Waals surface area (Å²) in [5.74, 6) is -2.58. The Balaban J connectivity index is 2.23. The number of nitrogens with one attached hydrogen (secondary N) is 3. The van der Waals surface area contributed by atoms with Crippen LogP contribution in [0.1, 0.15) is 66.9 Å². The van der Waals surface area contributed by atoms with Gasteiger partial charge in [0, 0.05) is 34.2 Å². The van der Waals surface area contributed by atoms with Gasteiger partial charge in [-0.3, -0.25) is 19.2 Å². The lowest BCUT2D eigenvalue weighted by Crippen LogP contribution is -2.62. The highest BCUT2D eigenvalue weighted by atomic mass is 16.5. The zero-order valence-corrected chi connectivity index (χ0v) is 33.2. The molecule has 1 aliphatic rings. The first-order valence-electron chi connectivity index (χ1n) is 18.2. The van der Waals surface area contributed by atoms with E-state index in [2.05, 4.69) is 16.0 Å². The van der Waals surface area contributed by atoms with Crippen LogP contribution < -0.4 is 16.0 Å². The molecule has 292 valence electrons. The van der Waals surface area contributed by atoms with E-state index in [1.165, 1.54) is 21.3 Å². The lowest BCUT2D eigenvalue weighted by molar-refractivity contribution is -0.155. The maximum Gasteiger partial charge on any atom is 0.328 e. The summed E-state index contributed by atoms with van der Waals surface area (Å²) in [5.41, 5.74) is 1.70. The van der Waals surface area contributed by atoms with Gasteiger partial charge in [0.25, 0.3) is 0 Å². The molecule has 1 aliphatic heterocycles. The number of hydrogen-bond acceptors (Lipinski definition) is 9. The molecule has 0 spiro atoms. The maximum absolute atomic E-state index is 14.1. The van der Waals surface area contributed by atoms with Gasteiger partial charge in [0.2, 0.25) is 23.6 Å². The van der Waals surface area contributed by atoms with E-state index in [1.807, 2.05) is 78.0 Å². The van der Waals surface area contributed by atoms with Crippen molar-refractivity contribution in [2.24, 2.45) is 17.8 Å². The summed E-state index contributed by atoms with van der Waals surface area (Å²) in [7, 11) is 7.69. The third-order valence-electron chi connectivity index (χ3n) is 10.2. The van der Waals surface area contributed by atoms with E-state index < -0.39 is 54.2 Å². The van der Waals surface area contributed by atoms with Crippen LogP contribution in [0.25, 0.3) is 0 Å². The molecule has 0 radical (unpaired) electrons. The molecule has 0 aliphatic carbocycles. The van der Waals surface area contributed by atoms with Gasteiger partial charge < -0.3 is 40.0 Å². The fraction of sp³-hybridized carbons (Fsp3) is 0.667. The predicted molar refractivity (Wildman–Crippen MR) is 200 cm³/mol. The first-order chi connectivity index (χ1) is 24.6. The number of nitrogens with zero attached hydrogens (tertiary/aromatic N) is 2. The molecule has 0 unspecified atom stereocenters. The summed E-state index contributed by atoms with van der Waals surface area (Å²) in [4.78, 5) is 70.5. The van der Waals surface area contributed by atoms with Gasteiger partial charge >= 0.3 is 5.97 Å². The van der Waals surface area contributed by atoms with Crippen LogP contribution in [0.3, 0.4) is 0 Å². The highest BCUT2D eigenvalue weighted by Crippen LogP contribution is 2.30. The first kappa shape index (κ1) is 44.4. The molecule has 1 aromatic carbocycles. The van der Waals surface area contributed by atoms with Gasteiger partial charge in [-0.2, -0.15) is 0 Å². The largest absolute Gasteiger partial charge is 0.467 e. The molecule has 4 amide bonds. The van der Waals surface area contributed by atoms with Gasteiger partial charge in [0.15, 0.2) is 0 Å². The average molecular weight is 730 g/mol. The summed E-state index contributed by atoms with van der Waals surface area (Å²) >= 11 is 0. The number of allylic oxidation sites excluding steroid dienone is 1. The molecule has 1 heterocycles. The van der Waals surface area contributed by atoms with E-state index in [1.54, 1.807) is 30.8 Å². The lowest BCUT2D eigenvalue weighted by atomic mass is 9.87. The van der Waals surface area contributed by atoms with Crippen molar-refractivity contribution in [1.29, 1.82) is 0 Å². The normalized spacial score (nSPS) is 18.7. The van der Waals surface area contributed by atoms with Crippen molar-refractivity contribution in [3.05, 3.63) is 47.5 Å². The summed E-state index contributed by atoms with van der Waals surface area (Å²) in [6.45, 7) is 13.6. The molecule has 1 saturated heterocycles. The van der Waals surface area contributed by atoms with Crippen molar-refractivity contribution >= 4 is 29.6 Å². The zero-order valence-electron chi connectivity index (χ0n) is 33.2. The molecule has 0 aromatic heterocycles. The molecule has 0 bridgehead atoms. The lowest BCUT2D eigenvalue weighted by Gasteiger charge is -2.47. The Kier molecular flexibility index (Phi) is 17.9. The number of carbonyl (C=O) groups excluding carboxylic acids is 5. The van der Waals surface area contributed by atoms with E-state index in [0.717, 1.165) is 11.1 Å². The second-order valence-corrected chi connectivity index (χ2v) is 14.4. The van der Waals surface area contributed by atoms with Crippen LogP contribution in [-0.4, -0.2) is 124 Å². The monoisotopic (exact) mass is 729 g/mol. The van der Waals surface area contributed by atoms with Gasteiger partial charge in [-0.1, -0.05) is 76.6 Å². The number of rotatable bonds is 20. The number of benzene rings is 1. The van der Waals surface area contributed by atoms with Crippen molar-refractivity contribution in [3.63, 3.8) is 0 Å². The quantitative estimate of drug-likeness (QED) is 0.136. The summed E-state index contributed by atoms with van der Waals surface area (Å²) in [6.07, 6.45) is 1.39. The highest BCUT2D eigenvalue weighted by molar-refractivity contribution is 5.90. The molecule has 2 rings (SSSR count). The summed E-state index contributed by atoms with van der Waals surface area (Å²) in [5, 5.41) is 8.81. The first-order valence-corrected chi connectivity index (χ1v) is 18.2. The number of carbonyl (C=O) groups is 5. The topological polar surface area (TPSA) is 156 Å². The van der Waals surface area contributed by atoms with Crippen molar-refractivity contribution in [2.45, 2.75) is 110 Å². The minimum Gasteiger partial charge on any atom is -0.467 e. The van der Waals surface area contributed by atoms with Crippen molar-refractivity contribution in [1.82, 2.24) is 25.8 Å². The molecular weight excluding hydrogens is 666 g/mol. The predicted octanol–water partition coefficient (Wildman–Crippen LogP) is 2.72. The van der Waals surface area contributed by atoms with Crippen molar-refractivity contribution < 1.29 is 38.2 Å². The molecular formula is C39H63N5O8. The number of esters is 1. The van der Waals surface area contributed by atoms with Crippen LogP contribution in [0.2, 0.25) is 0 Å². The Hall–Kier alpha value is -3.81. The van der Waals surface area contributed by atoms with E-state index in [0.29, 0.717) is 13.0 Å². The standard InChI is InChI=1S/C39H63N5O8/c1-13-25(6)34(43(9)38(48)33(24(4)5)42-37(47)32(40-8)23(2)3)30(50-10)22-31(45)44-20-19-29(44)35(51-11)26(7)36(46)41-28(39(49)52-12)21-27-17-15-14-16-18-27/h13-18,23-24,26,28-30,32-35,40H,19-22H2,1-12H3,(H,41,46)(H,42,47)/b25-13-/t26-,28+,29+,30-,32+,33+,34+,35-/m1/s1. The number of ether oxygens (including phenoxy) is 3. The molecule has 8 atom stereocenters. The second-order valence-electron chi connectivity index (χ2n) is 14.4. The third-order valence-corrected chi connectivity index (χ3v) is 10.2. The number of hydrogen-bond donors (Lipinski definition) is 3. The van der Waals surface area contributed by atoms with E-state index in [4.69, 9.17) is 14.2 Å². The SMILES string of the molecule is C/C=C(/C)[C@@H]([C@@H](CC(=O)N1CC[C@H]1[C@H](OC)[C@@H](C)C(=O)N[C@@H](Cc1ccccc1)C(=O)OC)OC)N(C)C(=O)[C@@H](NC(=O)[C@@H](NC)C(C)C)C(C)C. The van der Waals surface area contributed by atoms with E-state index in [-0.39, 0.29) is 48.4 Å². The number of likely N-dealkylation sites (tertiary alicyclic amines) is 1. The van der Waals surface area contributed by atoms with Crippen LogP contribution in [0, 0.1) is 17.8 Å². The summed E-state index contributed by atoms with van der Waals surface area (Å²) in [6, 6.07) is 6.20. The average Bonchev–Trinajstić information content (AvgIpc) is 3.10. The smallest absolute Gasteiger partial charge is 0.328 e. The van der Waals surface area contributed by atoms with Crippen LogP contribution in [0.5, 0.6) is 0 Å². The highest BCUT2D eigenvalue weighted by Gasteiger charge is 2.44. The van der Waals surface area contributed by atoms with Crippen LogP contribution in [0.15, 0.2) is 42.0 Å². The Morgan fingerprint density at radius 2 is 1.54 bits per heavy atom. The van der Waals surface area contributed by atoms with Gasteiger partial charge in [-0.15, -0.1) is 0 Å². The molecule has 1 fully saturated rings. The van der Waals surface area contributed by atoms with Gasteiger partial charge in [-0.25, -0.2) is 4.79 Å². The van der Waals surface area contributed by atoms with Crippen LogP contribution in [0.4, 0.5) is 0 Å². The van der Waals surface area contributed by atoms with Gasteiger partial charge in [0.05, 0.1) is 49.8 Å². The second kappa shape index (κ2) is 21.0. The molecule has 1 aromatic rings. The molecule has 13 nitrogen and oxygen atoms in total. The number of likely N-dealkylation sites (N-methyl/N-ethyl adjacent to an activating group) is 2. The fourth-order valence-corrected chi connectivity index (χ4v) is 6.90. The minimum absolute atomic E-state index is 0.0179. The molecule has 13 heteroatoms. The zero-order chi connectivity index (χ0) is 39.3. The Labute approximate surface area is 310 Å². The Morgan fingerprint density at radius 1 is 0.923 bits per heavy atom. The fourth-order valence-electron chi connectivity index (χ4n) is 6.90. The third kappa shape index (κ3) is 11.3. The Morgan fingerprint density at radius 3 is 2.00 bits per heavy atom. The molecule has 3 N–H and O–H groups in total. The van der Waals surface area contributed by atoms with Gasteiger partial charge in [0.1, 0.15) is 12.1 Å². The molecule has 52 heavy (non-hydrogen) atoms. The van der Waals surface area contributed by atoms with E-state index in [9.17, 15) is 24.0 Å². The van der Waals surface area contributed by atoms with E-state index >= 15 is 0 Å². The van der Waals surface area contributed by atoms with Crippen molar-refractivity contribution in [2.75, 3.05) is 42.0 Å². The summed E-state index contributed by atoms with van der Waals surface area (Å²) < 4.78 is 16.7. The Bertz CT molecular complexity index is 1370. The van der Waals surface area contributed by atoms with Crippen LogP contribution in [-0.2, 0) is 44.6 Å². The minimum atomic E-state index is -0.892. The van der Waals surface area contributed by atoms with Crippen molar-refractivity contribution in [3.8, 4) is 0 Å². The van der Waals surface area contributed by atoms with Gasteiger partial charge in [-0.05, 0) is 44.7 Å². The molecule has 0 saturated carbocycles. The number of amides is 4. The maximum atomic E-state index is 14.1. The number of methoxy groups -OCH3 is 3. The van der Waals surface area contributed by atoms with Crippen LogP contribution >= 0.6 is 0 Å².